The van der Waals surface area contributed by atoms with E-state index < -0.39 is 0 Å². The molecule has 0 rings (SSSR count). The van der Waals surface area contributed by atoms with Gasteiger partial charge in [-0.2, -0.15) is 5.26 Å². The molecule has 0 aromatic heterocycles. The zero-order valence-electron chi connectivity index (χ0n) is 18.1. The first-order valence-electron chi connectivity index (χ1n) is 10.8. The van der Waals surface area contributed by atoms with Crippen molar-refractivity contribution in [3.05, 3.63) is 11.6 Å². The van der Waals surface area contributed by atoms with Crippen molar-refractivity contribution in [2.45, 2.75) is 98.8 Å². The van der Waals surface area contributed by atoms with Gasteiger partial charge in [0.15, 0.2) is 0 Å². The molecular formula is C23H44NOP. The van der Waals surface area contributed by atoms with E-state index in [4.69, 9.17) is 9.79 Å². The molecule has 0 N–H and O–H groups in total. The van der Waals surface area contributed by atoms with E-state index >= 15 is 0 Å². The first-order valence-corrected chi connectivity index (χ1v) is 11.2. The molecule has 0 radical (unpaired) electrons. The summed E-state index contributed by atoms with van der Waals surface area (Å²) in [7, 11) is 2.23. The summed E-state index contributed by atoms with van der Waals surface area (Å²) in [4.78, 5) is 0. The Labute approximate surface area is 166 Å². The number of hydrogen-bond acceptors (Lipinski definition) is 2. The van der Waals surface area contributed by atoms with Crippen LogP contribution >= 0.6 is 9.47 Å². The van der Waals surface area contributed by atoms with E-state index in [0.29, 0.717) is 6.61 Å². The molecule has 0 fully saturated rings. The molecule has 0 aromatic rings. The Bertz CT molecular complexity index is 400. The summed E-state index contributed by atoms with van der Waals surface area (Å²) >= 11 is 0. The lowest BCUT2D eigenvalue weighted by atomic mass is 9.91. The summed E-state index contributed by atoms with van der Waals surface area (Å²) in [5, 5.41) is 9.04. The zero-order valence-corrected chi connectivity index (χ0v) is 19.3. The van der Waals surface area contributed by atoms with Gasteiger partial charge in [-0.05, 0) is 43.9 Å². The van der Waals surface area contributed by atoms with Crippen molar-refractivity contribution in [3.63, 3.8) is 0 Å². The van der Waals surface area contributed by atoms with Crippen LogP contribution in [0.2, 0.25) is 0 Å². The number of nitrogens with zero attached hydrogens (tertiary/aromatic N) is 1. The highest BCUT2D eigenvalue weighted by Gasteiger charge is 2.07. The van der Waals surface area contributed by atoms with E-state index in [1.807, 2.05) is 0 Å². The first kappa shape index (κ1) is 25.6. The third-order valence-electron chi connectivity index (χ3n) is 5.37. The maximum atomic E-state index is 9.04. The highest BCUT2D eigenvalue weighted by atomic mass is 31.0. The minimum absolute atomic E-state index is 0.0242. The van der Waals surface area contributed by atoms with Crippen LogP contribution in [-0.4, -0.2) is 6.61 Å². The molecule has 4 unspecified atom stereocenters. The quantitative estimate of drug-likeness (QED) is 0.203. The van der Waals surface area contributed by atoms with Crippen LogP contribution in [0.3, 0.4) is 0 Å². The molecule has 0 aliphatic carbocycles. The van der Waals surface area contributed by atoms with E-state index in [-0.39, 0.29) is 5.92 Å². The molecule has 0 aliphatic rings. The Balaban J connectivity index is 3.75. The van der Waals surface area contributed by atoms with Crippen molar-refractivity contribution in [2.75, 3.05) is 6.61 Å². The number of nitriles is 1. The first-order chi connectivity index (χ1) is 12.4. The van der Waals surface area contributed by atoms with Crippen LogP contribution in [0.4, 0.5) is 0 Å². The molecule has 26 heavy (non-hydrogen) atoms. The summed E-state index contributed by atoms with van der Waals surface area (Å²) in [6.45, 7) is 12.2. The van der Waals surface area contributed by atoms with Crippen LogP contribution < -0.4 is 0 Å². The van der Waals surface area contributed by atoms with Gasteiger partial charge in [0.1, 0.15) is 0 Å². The van der Waals surface area contributed by atoms with Gasteiger partial charge in [-0.25, -0.2) is 0 Å². The predicted octanol–water partition coefficient (Wildman–Crippen LogP) is 7.71. The summed E-state index contributed by atoms with van der Waals surface area (Å²) < 4.78 is 4.99. The molecular weight excluding hydrogens is 337 g/mol. The number of hydrogen-bond donors (Lipinski definition) is 0. The Morgan fingerprint density at radius 2 is 1.50 bits per heavy atom. The van der Waals surface area contributed by atoms with Gasteiger partial charge in [0, 0.05) is 9.47 Å². The highest BCUT2D eigenvalue weighted by molar-refractivity contribution is 7.09. The molecule has 152 valence electrons. The summed E-state index contributed by atoms with van der Waals surface area (Å²) in [6.07, 6.45) is 15.1. The highest BCUT2D eigenvalue weighted by Crippen LogP contribution is 2.22. The topological polar surface area (TPSA) is 33.0 Å². The van der Waals surface area contributed by atoms with Crippen LogP contribution in [-0.2, 0) is 4.52 Å². The van der Waals surface area contributed by atoms with E-state index in [1.165, 1.54) is 56.9 Å². The summed E-state index contributed by atoms with van der Waals surface area (Å²) in [5.74, 6) is 2.56. The fourth-order valence-electron chi connectivity index (χ4n) is 3.43. The Morgan fingerprint density at radius 3 is 2.00 bits per heavy atom. The van der Waals surface area contributed by atoms with Gasteiger partial charge in [-0.1, -0.05) is 84.3 Å². The largest absolute Gasteiger partial charge is 0.364 e. The lowest BCUT2D eigenvalue weighted by Crippen LogP contribution is -2.02. The lowest BCUT2D eigenvalue weighted by molar-refractivity contribution is 0.324. The van der Waals surface area contributed by atoms with Gasteiger partial charge in [-0.15, -0.1) is 0 Å². The van der Waals surface area contributed by atoms with Crippen molar-refractivity contribution in [1.29, 1.82) is 5.26 Å². The van der Waals surface area contributed by atoms with Crippen LogP contribution in [0.25, 0.3) is 0 Å². The Hall–Kier alpha value is -0.380. The monoisotopic (exact) mass is 381 g/mol. The Morgan fingerprint density at radius 1 is 0.962 bits per heavy atom. The van der Waals surface area contributed by atoms with Crippen molar-refractivity contribution in [3.8, 4) is 6.07 Å². The second-order valence-corrected chi connectivity index (χ2v) is 9.14. The van der Waals surface area contributed by atoms with Gasteiger partial charge in [0.2, 0.25) is 0 Å². The fourth-order valence-corrected chi connectivity index (χ4v) is 3.66. The summed E-state index contributed by atoms with van der Waals surface area (Å²) in [5.41, 5.74) is 1.42. The second-order valence-electron chi connectivity index (χ2n) is 8.80. The third-order valence-corrected chi connectivity index (χ3v) is 5.56. The maximum Gasteiger partial charge on any atom is 0.0734 e. The SMILES string of the molecule is C/C(=C\CC(C#N)COP)CCCC(C)CCCC(C)CCCC(C)C. The van der Waals surface area contributed by atoms with Gasteiger partial charge in [0.05, 0.1) is 18.6 Å². The fraction of sp³-hybridized carbons (Fsp3) is 0.870. The molecule has 4 atom stereocenters. The van der Waals surface area contributed by atoms with Crippen LogP contribution in [0.15, 0.2) is 11.6 Å². The lowest BCUT2D eigenvalue weighted by Gasteiger charge is -2.15. The van der Waals surface area contributed by atoms with Gasteiger partial charge in [0.25, 0.3) is 0 Å². The molecule has 0 spiro atoms. The van der Waals surface area contributed by atoms with E-state index in [0.717, 1.165) is 30.6 Å². The van der Waals surface area contributed by atoms with Crippen molar-refractivity contribution in [2.24, 2.45) is 23.7 Å². The molecule has 0 heterocycles. The molecule has 0 aromatic carbocycles. The van der Waals surface area contributed by atoms with Gasteiger partial charge in [-0.3, -0.25) is 0 Å². The zero-order chi connectivity index (χ0) is 19.8. The minimum Gasteiger partial charge on any atom is -0.364 e. The smallest absolute Gasteiger partial charge is 0.0734 e. The van der Waals surface area contributed by atoms with Crippen LogP contribution in [0.5, 0.6) is 0 Å². The molecule has 0 aliphatic heterocycles. The van der Waals surface area contributed by atoms with Crippen LogP contribution in [0, 0.1) is 35.0 Å². The number of rotatable bonds is 16. The van der Waals surface area contributed by atoms with Crippen molar-refractivity contribution in [1.82, 2.24) is 0 Å². The minimum atomic E-state index is -0.0242. The number of allylic oxidation sites excluding steroid dienone is 2. The molecule has 0 saturated carbocycles. The average molecular weight is 382 g/mol. The van der Waals surface area contributed by atoms with E-state index in [1.54, 1.807) is 0 Å². The predicted molar refractivity (Wildman–Crippen MR) is 118 cm³/mol. The second kappa shape index (κ2) is 16.8. The molecule has 2 nitrogen and oxygen atoms in total. The molecule has 0 amide bonds. The maximum absolute atomic E-state index is 9.04. The van der Waals surface area contributed by atoms with Gasteiger partial charge >= 0.3 is 0 Å². The Kier molecular flexibility index (Phi) is 16.5. The van der Waals surface area contributed by atoms with Crippen LogP contribution in [0.1, 0.15) is 98.8 Å². The van der Waals surface area contributed by atoms with Crippen molar-refractivity contribution >= 4 is 9.47 Å². The van der Waals surface area contributed by atoms with Crippen molar-refractivity contribution < 1.29 is 4.52 Å². The normalized spacial score (nSPS) is 15.7. The third kappa shape index (κ3) is 15.8. The standard InChI is InChI=1S/C23H44NOP/c1-19(2)9-6-10-20(3)11-7-12-21(4)13-8-14-22(5)15-16-23(17-24)18-25-26/h15,19-21,23H,6-14,16,18,26H2,1-5H3/b22-15+. The molecule has 0 bridgehead atoms. The van der Waals surface area contributed by atoms with Gasteiger partial charge < -0.3 is 4.52 Å². The average Bonchev–Trinajstić information content (AvgIpc) is 2.58. The van der Waals surface area contributed by atoms with E-state index in [9.17, 15) is 0 Å². The summed E-state index contributed by atoms with van der Waals surface area (Å²) in [6, 6.07) is 2.30. The molecule has 3 heteroatoms. The molecule has 0 saturated heterocycles. The van der Waals surface area contributed by atoms with E-state index in [2.05, 4.69) is 56.2 Å².